The lowest BCUT2D eigenvalue weighted by Crippen LogP contribution is -2.65. The van der Waals surface area contributed by atoms with Gasteiger partial charge < -0.3 is 16.4 Å². The van der Waals surface area contributed by atoms with Crippen molar-refractivity contribution in [1.29, 1.82) is 0 Å². The maximum absolute atomic E-state index is 12.1. The molecule has 4 N–H and O–H groups in total. The van der Waals surface area contributed by atoms with Crippen LogP contribution in [0, 0.1) is 11.8 Å². The van der Waals surface area contributed by atoms with Crippen molar-refractivity contribution in [3.8, 4) is 0 Å². The monoisotopic (exact) mass is 283 g/mol. The van der Waals surface area contributed by atoms with Crippen molar-refractivity contribution < 1.29 is 9.59 Å². The Morgan fingerprint density at radius 1 is 1.30 bits per heavy atom. The van der Waals surface area contributed by atoms with Crippen LogP contribution in [0.2, 0.25) is 0 Å². The van der Waals surface area contributed by atoms with Gasteiger partial charge in [0, 0.05) is 13.5 Å². The van der Waals surface area contributed by atoms with Crippen LogP contribution in [0.25, 0.3) is 0 Å². The van der Waals surface area contributed by atoms with E-state index < -0.39 is 11.6 Å². The van der Waals surface area contributed by atoms with Crippen molar-refractivity contribution >= 4 is 11.8 Å². The van der Waals surface area contributed by atoms with Crippen LogP contribution in [-0.4, -0.2) is 29.4 Å². The summed E-state index contributed by atoms with van der Waals surface area (Å²) in [4.78, 5) is 25.2. The van der Waals surface area contributed by atoms with Gasteiger partial charge >= 0.3 is 0 Å². The smallest absolute Gasteiger partial charge is 0.258 e. The van der Waals surface area contributed by atoms with Crippen molar-refractivity contribution in [1.82, 2.24) is 4.90 Å². The van der Waals surface area contributed by atoms with Crippen molar-refractivity contribution in [3.05, 3.63) is 12.2 Å². The molecule has 0 unspecified atom stereocenters. The average molecular weight is 283 g/mol. The Hall–Kier alpha value is -1.36. The molecule has 0 heterocycles. The summed E-state index contributed by atoms with van der Waals surface area (Å²) >= 11 is 0. The lowest BCUT2D eigenvalue weighted by Gasteiger charge is -2.37. The normalized spacial score (nSPS) is 16.1. The van der Waals surface area contributed by atoms with Crippen molar-refractivity contribution in [2.24, 2.45) is 23.3 Å². The first kappa shape index (κ1) is 18.6. The number of rotatable bonds is 8. The van der Waals surface area contributed by atoms with E-state index in [1.165, 1.54) is 4.90 Å². The van der Waals surface area contributed by atoms with Gasteiger partial charge in [-0.05, 0) is 31.6 Å². The zero-order valence-corrected chi connectivity index (χ0v) is 13.3. The van der Waals surface area contributed by atoms with Gasteiger partial charge in [0.05, 0.1) is 0 Å². The Morgan fingerprint density at radius 3 is 2.25 bits per heavy atom. The van der Waals surface area contributed by atoms with Crippen LogP contribution in [0.3, 0.4) is 0 Å². The maximum atomic E-state index is 12.1. The number of hydrogen-bond acceptors (Lipinski definition) is 3. The predicted molar refractivity (Wildman–Crippen MR) is 81.5 cm³/mol. The molecule has 0 rings (SSSR count). The van der Waals surface area contributed by atoms with Crippen LogP contribution in [0.15, 0.2) is 12.2 Å². The van der Waals surface area contributed by atoms with Crippen LogP contribution in [0.5, 0.6) is 0 Å². The second kappa shape index (κ2) is 8.04. The van der Waals surface area contributed by atoms with E-state index in [1.807, 2.05) is 39.8 Å². The molecule has 5 nitrogen and oxygen atoms in total. The molecule has 5 heteroatoms. The first-order chi connectivity index (χ1) is 9.15. The zero-order valence-electron chi connectivity index (χ0n) is 13.3. The van der Waals surface area contributed by atoms with Crippen LogP contribution in [0.4, 0.5) is 0 Å². The fourth-order valence-corrected chi connectivity index (χ4v) is 2.09. The standard InChI is InChI=1S/C15H29N3O2/c1-6-7-8-12(4)10-15(17,14(16)20)18(5)13(19)9-11(2)3/h6-7,11-12H,8-10,17H2,1-5H3,(H2,16,20)/b7-6+/t12-,15+/m1/s1. The predicted octanol–water partition coefficient (Wildman–Crippen LogP) is 1.62. The molecule has 116 valence electrons. The van der Waals surface area contributed by atoms with Gasteiger partial charge in [-0.2, -0.15) is 0 Å². The van der Waals surface area contributed by atoms with Gasteiger partial charge in [-0.1, -0.05) is 32.9 Å². The molecule has 0 aromatic carbocycles. The minimum atomic E-state index is -1.42. The van der Waals surface area contributed by atoms with E-state index in [9.17, 15) is 9.59 Å². The van der Waals surface area contributed by atoms with Gasteiger partial charge in [0.1, 0.15) is 0 Å². The number of amides is 2. The molecule has 0 aliphatic heterocycles. The number of allylic oxidation sites excluding steroid dienone is 2. The van der Waals surface area contributed by atoms with Crippen LogP contribution < -0.4 is 11.5 Å². The third-order valence-electron chi connectivity index (χ3n) is 3.42. The summed E-state index contributed by atoms with van der Waals surface area (Å²) in [7, 11) is 1.55. The van der Waals surface area contributed by atoms with Gasteiger partial charge in [0.25, 0.3) is 5.91 Å². The molecule has 0 fully saturated rings. The van der Waals surface area contributed by atoms with E-state index in [0.717, 1.165) is 6.42 Å². The molecule has 0 aliphatic rings. The van der Waals surface area contributed by atoms with Crippen LogP contribution in [-0.2, 0) is 9.59 Å². The minimum absolute atomic E-state index is 0.153. The highest BCUT2D eigenvalue weighted by Crippen LogP contribution is 2.22. The van der Waals surface area contributed by atoms with E-state index in [0.29, 0.717) is 12.8 Å². The Morgan fingerprint density at radius 2 is 1.85 bits per heavy atom. The van der Waals surface area contributed by atoms with Gasteiger partial charge in [0.15, 0.2) is 5.66 Å². The second-order valence-corrected chi connectivity index (χ2v) is 5.95. The summed E-state index contributed by atoms with van der Waals surface area (Å²) in [6.45, 7) is 7.83. The molecule has 0 spiro atoms. The highest BCUT2D eigenvalue weighted by Gasteiger charge is 2.40. The molecule has 2 amide bonds. The summed E-state index contributed by atoms with van der Waals surface area (Å²) in [5, 5.41) is 0. The first-order valence-electron chi connectivity index (χ1n) is 7.11. The number of hydrogen-bond donors (Lipinski definition) is 2. The quantitative estimate of drug-likeness (QED) is 0.524. The number of likely N-dealkylation sites (N-methyl/N-ethyl adjacent to an activating group) is 1. The average Bonchev–Trinajstić information content (AvgIpc) is 2.34. The SMILES string of the molecule is C/C=C/C[C@@H](C)C[C@@](N)(C(N)=O)N(C)C(=O)CC(C)C. The zero-order chi connectivity index (χ0) is 15.9. The molecule has 20 heavy (non-hydrogen) atoms. The fraction of sp³-hybridized carbons (Fsp3) is 0.733. The van der Waals surface area contributed by atoms with Crippen molar-refractivity contribution in [2.75, 3.05) is 7.05 Å². The molecule has 0 aliphatic carbocycles. The summed E-state index contributed by atoms with van der Waals surface area (Å²) in [5.74, 6) is -0.440. The molecule has 0 bridgehead atoms. The van der Waals surface area contributed by atoms with Crippen LogP contribution >= 0.6 is 0 Å². The molecule has 0 saturated carbocycles. The molecule has 0 aromatic rings. The van der Waals surface area contributed by atoms with Crippen LogP contribution in [0.1, 0.15) is 47.0 Å². The molecule has 0 aromatic heterocycles. The number of nitrogens with two attached hydrogens (primary N) is 2. The number of primary amides is 1. The lowest BCUT2D eigenvalue weighted by atomic mass is 9.91. The number of carbonyl (C=O) groups is 2. The molecule has 2 atom stereocenters. The van der Waals surface area contributed by atoms with Gasteiger partial charge in [-0.3, -0.25) is 9.59 Å². The molecular formula is C15H29N3O2. The maximum Gasteiger partial charge on any atom is 0.258 e. The highest BCUT2D eigenvalue weighted by molar-refractivity contribution is 5.89. The van der Waals surface area contributed by atoms with Gasteiger partial charge in [-0.15, -0.1) is 0 Å². The highest BCUT2D eigenvalue weighted by atomic mass is 16.2. The van der Waals surface area contributed by atoms with Crippen molar-refractivity contribution in [2.45, 2.75) is 52.6 Å². The molecule has 0 saturated heterocycles. The lowest BCUT2D eigenvalue weighted by molar-refractivity contribution is -0.146. The van der Waals surface area contributed by atoms with Gasteiger partial charge in [-0.25, -0.2) is 0 Å². The summed E-state index contributed by atoms with van der Waals surface area (Å²) < 4.78 is 0. The number of nitrogens with zero attached hydrogens (tertiary/aromatic N) is 1. The minimum Gasteiger partial charge on any atom is -0.366 e. The number of carbonyl (C=O) groups excluding carboxylic acids is 2. The summed E-state index contributed by atoms with van der Waals surface area (Å²) in [5.41, 5.74) is 10.2. The molecular weight excluding hydrogens is 254 g/mol. The Bertz CT molecular complexity index is 366. The van der Waals surface area contributed by atoms with E-state index in [2.05, 4.69) is 0 Å². The van der Waals surface area contributed by atoms with E-state index in [-0.39, 0.29) is 17.7 Å². The molecule has 0 radical (unpaired) electrons. The summed E-state index contributed by atoms with van der Waals surface area (Å²) in [6.07, 6.45) is 5.47. The van der Waals surface area contributed by atoms with E-state index >= 15 is 0 Å². The van der Waals surface area contributed by atoms with Crippen molar-refractivity contribution in [3.63, 3.8) is 0 Å². The third-order valence-corrected chi connectivity index (χ3v) is 3.42. The fourth-order valence-electron chi connectivity index (χ4n) is 2.09. The topological polar surface area (TPSA) is 89.4 Å². The van der Waals surface area contributed by atoms with E-state index in [1.54, 1.807) is 7.05 Å². The first-order valence-corrected chi connectivity index (χ1v) is 7.11. The Kier molecular flexibility index (Phi) is 7.50. The second-order valence-electron chi connectivity index (χ2n) is 5.95. The Balaban J connectivity index is 4.99. The Labute approximate surface area is 122 Å². The van der Waals surface area contributed by atoms with Gasteiger partial charge in [0.2, 0.25) is 5.91 Å². The largest absolute Gasteiger partial charge is 0.366 e. The summed E-state index contributed by atoms with van der Waals surface area (Å²) in [6, 6.07) is 0. The third kappa shape index (κ3) is 5.33. The van der Waals surface area contributed by atoms with E-state index in [4.69, 9.17) is 11.5 Å².